The van der Waals surface area contributed by atoms with Gasteiger partial charge in [0.1, 0.15) is 17.4 Å². The van der Waals surface area contributed by atoms with E-state index in [1.54, 1.807) is 44.5 Å². The van der Waals surface area contributed by atoms with Crippen LogP contribution in [0.25, 0.3) is 17.3 Å². The molecule has 0 saturated carbocycles. The van der Waals surface area contributed by atoms with Crippen LogP contribution in [0.4, 0.5) is 0 Å². The van der Waals surface area contributed by atoms with Crippen molar-refractivity contribution >= 4 is 18.0 Å². The minimum absolute atomic E-state index is 0.0978. The second-order valence-electron chi connectivity index (χ2n) is 5.44. The Labute approximate surface area is 156 Å². The highest BCUT2D eigenvalue weighted by Crippen LogP contribution is 2.26. The number of carbonyl (C=O) groups excluding carboxylic acids is 2. The van der Waals surface area contributed by atoms with Gasteiger partial charge in [-0.05, 0) is 37.3 Å². The van der Waals surface area contributed by atoms with Gasteiger partial charge in [0.25, 0.3) is 0 Å². The number of nitrogens with zero attached hydrogens (tertiary/aromatic N) is 3. The molecule has 2 rings (SSSR count). The van der Waals surface area contributed by atoms with Gasteiger partial charge in [0.15, 0.2) is 0 Å². The number of aryl methyl sites for hydroxylation is 1. The Balaban J connectivity index is 2.47. The first-order chi connectivity index (χ1) is 13.0. The molecule has 0 amide bonds. The zero-order valence-corrected chi connectivity index (χ0v) is 15.0. The summed E-state index contributed by atoms with van der Waals surface area (Å²) in [4.78, 5) is 22.6. The number of aliphatic carboxylic acids is 1. The van der Waals surface area contributed by atoms with Gasteiger partial charge in [0, 0.05) is 36.3 Å². The summed E-state index contributed by atoms with van der Waals surface area (Å²) in [6.07, 6.45) is 2.73. The molecule has 27 heavy (non-hydrogen) atoms. The highest BCUT2D eigenvalue weighted by Gasteiger charge is 2.15. The maximum Gasteiger partial charge on any atom is 0.348 e. The summed E-state index contributed by atoms with van der Waals surface area (Å²) in [5, 5.41) is 24.3. The Kier molecular flexibility index (Phi) is 6.72. The molecule has 0 aliphatic carbocycles. The van der Waals surface area contributed by atoms with E-state index in [9.17, 15) is 20.0 Å². The van der Waals surface area contributed by atoms with Gasteiger partial charge < -0.3 is 19.4 Å². The molecular weight excluding hydrogens is 350 g/mol. The maximum absolute atomic E-state index is 11.9. The standard InChI is InChI=1S/C19H19N3O5/c1-3-27-19(25)14(11-20)10-15-12-22(9-8-17(23)24)21-18(15)13-4-6-16(26-2)7-5-13/h4-7,10,12H,3,8-9H2,1-2H3,(H,23,24)/p-1/b14-10+. The van der Waals surface area contributed by atoms with Crippen molar-refractivity contribution in [2.75, 3.05) is 13.7 Å². The summed E-state index contributed by atoms with van der Waals surface area (Å²) in [5.41, 5.74) is 1.53. The second-order valence-corrected chi connectivity index (χ2v) is 5.44. The quantitative estimate of drug-likeness (QED) is 0.390. The number of nitriles is 1. The molecule has 1 aromatic heterocycles. The number of carbonyl (C=O) groups is 2. The van der Waals surface area contributed by atoms with Gasteiger partial charge in [-0.15, -0.1) is 0 Å². The molecule has 0 saturated heterocycles. The van der Waals surface area contributed by atoms with Crippen molar-refractivity contribution in [3.05, 3.63) is 41.6 Å². The van der Waals surface area contributed by atoms with Crippen molar-refractivity contribution in [1.29, 1.82) is 5.26 Å². The summed E-state index contributed by atoms with van der Waals surface area (Å²) >= 11 is 0. The first kappa shape index (κ1) is 19.7. The van der Waals surface area contributed by atoms with Crippen LogP contribution in [0.5, 0.6) is 5.75 Å². The van der Waals surface area contributed by atoms with Crippen LogP contribution in [0.1, 0.15) is 18.9 Å². The molecule has 0 aliphatic rings. The van der Waals surface area contributed by atoms with Gasteiger partial charge in [0.2, 0.25) is 0 Å². The predicted molar refractivity (Wildman–Crippen MR) is 94.1 cm³/mol. The van der Waals surface area contributed by atoms with Crippen molar-refractivity contribution in [3.63, 3.8) is 0 Å². The molecule has 0 fully saturated rings. The summed E-state index contributed by atoms with van der Waals surface area (Å²) in [6.45, 7) is 1.89. The van der Waals surface area contributed by atoms with Gasteiger partial charge >= 0.3 is 5.97 Å². The third-order valence-electron chi connectivity index (χ3n) is 3.61. The molecule has 0 spiro atoms. The fourth-order valence-electron chi connectivity index (χ4n) is 2.34. The minimum Gasteiger partial charge on any atom is -0.550 e. The SMILES string of the molecule is CCOC(=O)/C(C#N)=C/c1cn(CCC(=O)[O-])nc1-c1ccc(OC)cc1. The van der Waals surface area contributed by atoms with Crippen molar-refractivity contribution < 1.29 is 24.2 Å². The third kappa shape index (κ3) is 5.19. The van der Waals surface area contributed by atoms with E-state index in [2.05, 4.69) is 5.10 Å². The predicted octanol–water partition coefficient (Wildman–Crippen LogP) is 1.17. The highest BCUT2D eigenvalue weighted by molar-refractivity contribution is 5.98. The smallest absolute Gasteiger partial charge is 0.348 e. The zero-order chi connectivity index (χ0) is 19.8. The van der Waals surface area contributed by atoms with E-state index in [0.717, 1.165) is 5.56 Å². The molecule has 8 nitrogen and oxygen atoms in total. The molecular formula is C19H18N3O5-. The number of aromatic nitrogens is 2. The molecule has 2 aromatic rings. The highest BCUT2D eigenvalue weighted by atomic mass is 16.5. The average molecular weight is 368 g/mol. The Morgan fingerprint density at radius 1 is 1.33 bits per heavy atom. The number of hydrogen-bond acceptors (Lipinski definition) is 7. The van der Waals surface area contributed by atoms with E-state index in [1.165, 1.54) is 10.8 Å². The topological polar surface area (TPSA) is 117 Å². The van der Waals surface area contributed by atoms with Gasteiger partial charge in [-0.2, -0.15) is 10.4 Å². The molecule has 0 N–H and O–H groups in total. The van der Waals surface area contributed by atoms with Crippen LogP contribution >= 0.6 is 0 Å². The van der Waals surface area contributed by atoms with Gasteiger partial charge in [0.05, 0.1) is 19.4 Å². The fraction of sp³-hybridized carbons (Fsp3) is 0.263. The van der Waals surface area contributed by atoms with E-state index in [0.29, 0.717) is 17.0 Å². The molecule has 0 radical (unpaired) electrons. The van der Waals surface area contributed by atoms with E-state index in [4.69, 9.17) is 9.47 Å². The van der Waals surface area contributed by atoms with Crippen molar-refractivity contribution in [2.45, 2.75) is 19.9 Å². The summed E-state index contributed by atoms with van der Waals surface area (Å²) in [6, 6.07) is 8.87. The van der Waals surface area contributed by atoms with Crippen LogP contribution in [-0.4, -0.2) is 35.4 Å². The van der Waals surface area contributed by atoms with E-state index < -0.39 is 11.9 Å². The first-order valence-electron chi connectivity index (χ1n) is 8.19. The van der Waals surface area contributed by atoms with Crippen LogP contribution in [0.3, 0.4) is 0 Å². The lowest BCUT2D eigenvalue weighted by Gasteiger charge is -2.03. The number of carboxylic acid groups (broad SMARTS) is 1. The second kappa shape index (κ2) is 9.20. The number of benzene rings is 1. The molecule has 1 aromatic carbocycles. The molecule has 0 atom stereocenters. The Hall–Kier alpha value is -3.60. The monoisotopic (exact) mass is 368 g/mol. The molecule has 0 bridgehead atoms. The molecule has 140 valence electrons. The Morgan fingerprint density at radius 2 is 2.04 bits per heavy atom. The van der Waals surface area contributed by atoms with Crippen molar-refractivity contribution in [3.8, 4) is 23.1 Å². The number of hydrogen-bond donors (Lipinski definition) is 0. The van der Waals surface area contributed by atoms with Crippen molar-refractivity contribution in [2.24, 2.45) is 0 Å². The van der Waals surface area contributed by atoms with Crippen LogP contribution in [0.2, 0.25) is 0 Å². The van der Waals surface area contributed by atoms with Crippen LogP contribution in [0, 0.1) is 11.3 Å². The normalized spacial score (nSPS) is 10.9. The number of carboxylic acids is 1. The maximum atomic E-state index is 11.9. The average Bonchev–Trinajstić information content (AvgIpc) is 3.07. The molecule has 1 heterocycles. The fourth-order valence-corrected chi connectivity index (χ4v) is 2.34. The largest absolute Gasteiger partial charge is 0.550 e. The molecule has 0 aliphatic heterocycles. The van der Waals surface area contributed by atoms with Crippen LogP contribution in [0.15, 0.2) is 36.0 Å². The van der Waals surface area contributed by atoms with Crippen molar-refractivity contribution in [1.82, 2.24) is 9.78 Å². The Morgan fingerprint density at radius 3 is 2.59 bits per heavy atom. The lowest BCUT2D eigenvalue weighted by molar-refractivity contribution is -0.306. The zero-order valence-electron chi connectivity index (χ0n) is 15.0. The third-order valence-corrected chi connectivity index (χ3v) is 3.61. The summed E-state index contributed by atoms with van der Waals surface area (Å²) in [7, 11) is 1.55. The van der Waals surface area contributed by atoms with Gasteiger partial charge in [-0.3, -0.25) is 4.68 Å². The lowest BCUT2D eigenvalue weighted by Crippen LogP contribution is -2.23. The Bertz CT molecular complexity index is 891. The number of methoxy groups -OCH3 is 1. The van der Waals surface area contributed by atoms with Crippen LogP contribution < -0.4 is 9.84 Å². The molecule has 8 heteroatoms. The number of ether oxygens (including phenoxy) is 2. The summed E-state index contributed by atoms with van der Waals surface area (Å²) in [5.74, 6) is -1.27. The summed E-state index contributed by atoms with van der Waals surface area (Å²) < 4.78 is 11.4. The van der Waals surface area contributed by atoms with E-state index in [-0.39, 0.29) is 25.1 Å². The minimum atomic E-state index is -1.20. The van der Waals surface area contributed by atoms with E-state index in [1.807, 2.05) is 6.07 Å². The lowest BCUT2D eigenvalue weighted by atomic mass is 10.1. The number of esters is 1. The molecule has 0 unspecified atom stereocenters. The number of rotatable bonds is 8. The van der Waals surface area contributed by atoms with Crippen LogP contribution in [-0.2, 0) is 20.9 Å². The van der Waals surface area contributed by atoms with Gasteiger partial charge in [-0.25, -0.2) is 4.79 Å². The van der Waals surface area contributed by atoms with E-state index >= 15 is 0 Å². The van der Waals surface area contributed by atoms with Gasteiger partial charge in [-0.1, -0.05) is 0 Å². The first-order valence-corrected chi connectivity index (χ1v) is 8.19.